The molecule has 0 fully saturated rings. The predicted octanol–water partition coefficient (Wildman–Crippen LogP) is 4.14. The van der Waals surface area contributed by atoms with Crippen LogP contribution in [0, 0.1) is 0 Å². The van der Waals surface area contributed by atoms with Gasteiger partial charge in [-0.3, -0.25) is 15.1 Å². The van der Waals surface area contributed by atoms with Crippen molar-refractivity contribution in [2.24, 2.45) is 4.99 Å². The zero-order chi connectivity index (χ0) is 19.8. The Morgan fingerprint density at radius 1 is 1.14 bits per heavy atom. The van der Waals surface area contributed by atoms with E-state index in [0.29, 0.717) is 34.5 Å². The van der Waals surface area contributed by atoms with Gasteiger partial charge in [-0.05, 0) is 42.0 Å². The molecule has 6 nitrogen and oxygen atoms in total. The van der Waals surface area contributed by atoms with Gasteiger partial charge in [0, 0.05) is 23.6 Å². The quantitative estimate of drug-likeness (QED) is 0.503. The van der Waals surface area contributed by atoms with E-state index in [1.807, 2.05) is 18.2 Å². The fourth-order valence-electron chi connectivity index (χ4n) is 2.42. The third-order valence-corrected chi connectivity index (χ3v) is 4.12. The van der Waals surface area contributed by atoms with E-state index in [2.05, 4.69) is 20.6 Å². The summed E-state index contributed by atoms with van der Waals surface area (Å²) in [4.78, 5) is 21.1. The number of benzene rings is 2. The predicted molar refractivity (Wildman–Crippen MR) is 111 cm³/mol. The van der Waals surface area contributed by atoms with Crippen molar-refractivity contribution in [2.45, 2.75) is 6.54 Å². The Balaban J connectivity index is 1.81. The summed E-state index contributed by atoms with van der Waals surface area (Å²) < 4.78 is 5.17. The number of hydrogen-bond acceptors (Lipinski definition) is 4. The summed E-state index contributed by atoms with van der Waals surface area (Å²) >= 11 is 6.19. The minimum absolute atomic E-state index is 0.266. The number of rotatable bonds is 5. The van der Waals surface area contributed by atoms with Crippen LogP contribution in [0.5, 0.6) is 5.75 Å². The second kappa shape index (κ2) is 9.53. The first-order valence-corrected chi connectivity index (χ1v) is 8.94. The fourth-order valence-corrected chi connectivity index (χ4v) is 2.68. The summed E-state index contributed by atoms with van der Waals surface area (Å²) in [5, 5.41) is 6.36. The molecule has 0 aliphatic heterocycles. The molecule has 0 unspecified atom stereocenters. The van der Waals surface area contributed by atoms with Crippen LogP contribution in [0.25, 0.3) is 0 Å². The average molecular weight is 395 g/mol. The second-order valence-corrected chi connectivity index (χ2v) is 6.23. The Morgan fingerprint density at radius 3 is 2.64 bits per heavy atom. The lowest BCUT2D eigenvalue weighted by molar-refractivity contribution is 0.0977. The number of pyridine rings is 1. The maximum absolute atomic E-state index is 12.5. The first-order valence-electron chi connectivity index (χ1n) is 8.56. The lowest BCUT2D eigenvalue weighted by Crippen LogP contribution is -2.36. The van der Waals surface area contributed by atoms with E-state index in [-0.39, 0.29) is 5.91 Å². The number of aliphatic imine (C=N–C) groups is 1. The van der Waals surface area contributed by atoms with Crippen molar-refractivity contribution < 1.29 is 9.53 Å². The zero-order valence-corrected chi connectivity index (χ0v) is 16.0. The van der Waals surface area contributed by atoms with E-state index in [0.717, 1.165) is 5.56 Å². The number of anilines is 1. The van der Waals surface area contributed by atoms with Gasteiger partial charge < -0.3 is 10.1 Å². The minimum Gasteiger partial charge on any atom is -0.495 e. The molecule has 1 amide bonds. The van der Waals surface area contributed by atoms with Crippen molar-refractivity contribution in [3.05, 3.63) is 89.2 Å². The van der Waals surface area contributed by atoms with Crippen molar-refractivity contribution >= 4 is 29.2 Å². The summed E-state index contributed by atoms with van der Waals surface area (Å²) in [5.74, 6) is 0.603. The van der Waals surface area contributed by atoms with Crippen molar-refractivity contribution in [3.63, 3.8) is 0 Å². The molecule has 28 heavy (non-hydrogen) atoms. The van der Waals surface area contributed by atoms with Crippen molar-refractivity contribution in [1.29, 1.82) is 0 Å². The number of amides is 1. The van der Waals surface area contributed by atoms with Crippen LogP contribution < -0.4 is 15.4 Å². The van der Waals surface area contributed by atoms with E-state index >= 15 is 0 Å². The molecule has 3 rings (SSSR count). The van der Waals surface area contributed by atoms with Gasteiger partial charge in [0.2, 0.25) is 5.96 Å². The molecule has 0 spiro atoms. The molecule has 0 saturated heterocycles. The van der Waals surface area contributed by atoms with Crippen LogP contribution in [0.4, 0.5) is 5.69 Å². The van der Waals surface area contributed by atoms with E-state index < -0.39 is 0 Å². The van der Waals surface area contributed by atoms with Gasteiger partial charge in [-0.2, -0.15) is 0 Å². The third-order valence-electron chi connectivity index (χ3n) is 3.82. The Morgan fingerprint density at radius 2 is 1.96 bits per heavy atom. The number of nitrogens with one attached hydrogen (secondary N) is 2. The van der Waals surface area contributed by atoms with E-state index in [1.165, 1.54) is 0 Å². The van der Waals surface area contributed by atoms with E-state index in [1.54, 1.807) is 62.0 Å². The number of carbonyl (C=O) groups excluding carboxylic acids is 1. The molecular formula is C21H19ClN4O2. The maximum atomic E-state index is 12.5. The van der Waals surface area contributed by atoms with Gasteiger partial charge in [0.25, 0.3) is 5.91 Å². The highest BCUT2D eigenvalue weighted by atomic mass is 35.5. The summed E-state index contributed by atoms with van der Waals surface area (Å²) in [6.45, 7) is 0.356. The zero-order valence-electron chi connectivity index (χ0n) is 15.2. The molecule has 7 heteroatoms. The number of hydrogen-bond donors (Lipinski definition) is 2. The molecule has 1 aromatic heterocycles. The average Bonchev–Trinajstić information content (AvgIpc) is 2.73. The van der Waals surface area contributed by atoms with Crippen molar-refractivity contribution in [2.75, 3.05) is 12.4 Å². The molecule has 142 valence electrons. The number of methoxy groups -OCH3 is 1. The fraction of sp³-hybridized carbons (Fsp3) is 0.0952. The highest BCUT2D eigenvalue weighted by molar-refractivity contribution is 6.32. The van der Waals surface area contributed by atoms with Crippen molar-refractivity contribution in [3.8, 4) is 5.75 Å². The molecule has 3 aromatic rings. The van der Waals surface area contributed by atoms with Crippen LogP contribution in [-0.2, 0) is 6.54 Å². The normalized spacial score (nSPS) is 11.0. The third kappa shape index (κ3) is 5.31. The largest absolute Gasteiger partial charge is 0.495 e. The number of nitrogens with zero attached hydrogens (tertiary/aromatic N) is 2. The first kappa shape index (κ1) is 19.4. The van der Waals surface area contributed by atoms with Gasteiger partial charge >= 0.3 is 0 Å². The number of aromatic nitrogens is 1. The molecule has 2 N–H and O–H groups in total. The molecule has 0 bridgehead atoms. The molecule has 2 aromatic carbocycles. The van der Waals surface area contributed by atoms with Gasteiger partial charge in [-0.1, -0.05) is 35.9 Å². The van der Waals surface area contributed by atoms with Crippen LogP contribution in [0.3, 0.4) is 0 Å². The summed E-state index contributed by atoms with van der Waals surface area (Å²) in [7, 11) is 1.55. The highest BCUT2D eigenvalue weighted by Gasteiger charge is 2.10. The van der Waals surface area contributed by atoms with E-state index in [9.17, 15) is 4.79 Å². The summed E-state index contributed by atoms with van der Waals surface area (Å²) in [5.41, 5.74) is 2.12. The van der Waals surface area contributed by atoms with Gasteiger partial charge in [0.1, 0.15) is 5.75 Å². The molecule has 0 saturated carbocycles. The second-order valence-electron chi connectivity index (χ2n) is 5.82. The number of halogens is 1. The van der Waals surface area contributed by atoms with Gasteiger partial charge in [0.05, 0.1) is 18.7 Å². The summed E-state index contributed by atoms with van der Waals surface area (Å²) in [6.07, 6.45) is 3.42. The molecule has 0 radical (unpaired) electrons. The van der Waals surface area contributed by atoms with Crippen LogP contribution in [0.15, 0.2) is 78.0 Å². The number of guanidine groups is 1. The lowest BCUT2D eigenvalue weighted by atomic mass is 10.2. The van der Waals surface area contributed by atoms with Crippen LogP contribution >= 0.6 is 11.6 Å². The van der Waals surface area contributed by atoms with Crippen LogP contribution in [-0.4, -0.2) is 24.0 Å². The van der Waals surface area contributed by atoms with E-state index in [4.69, 9.17) is 16.3 Å². The minimum atomic E-state index is -0.266. The SMILES string of the molecule is COc1ccc(NC(=NCc2cccnc2)NC(=O)c2ccccc2)cc1Cl. The number of ether oxygens (including phenoxy) is 1. The van der Waals surface area contributed by atoms with Gasteiger partial charge in [-0.15, -0.1) is 0 Å². The maximum Gasteiger partial charge on any atom is 0.257 e. The highest BCUT2D eigenvalue weighted by Crippen LogP contribution is 2.27. The Kier molecular flexibility index (Phi) is 6.59. The van der Waals surface area contributed by atoms with Gasteiger partial charge in [-0.25, -0.2) is 4.99 Å². The molecule has 0 atom stereocenters. The molecular weight excluding hydrogens is 376 g/mol. The summed E-state index contributed by atoms with van der Waals surface area (Å²) in [6, 6.07) is 17.9. The van der Waals surface area contributed by atoms with Crippen molar-refractivity contribution in [1.82, 2.24) is 10.3 Å². The number of carbonyl (C=O) groups is 1. The first-order chi connectivity index (χ1) is 13.7. The Labute approximate surface area is 168 Å². The van der Waals surface area contributed by atoms with Crippen LogP contribution in [0.1, 0.15) is 15.9 Å². The monoisotopic (exact) mass is 394 g/mol. The molecule has 1 heterocycles. The Bertz CT molecular complexity index is 963. The van der Waals surface area contributed by atoms with Gasteiger partial charge in [0.15, 0.2) is 0 Å². The Hall–Kier alpha value is -3.38. The lowest BCUT2D eigenvalue weighted by Gasteiger charge is -2.13. The molecule has 0 aliphatic carbocycles. The van der Waals surface area contributed by atoms with Crippen LogP contribution in [0.2, 0.25) is 5.02 Å². The topological polar surface area (TPSA) is 75.6 Å². The molecule has 0 aliphatic rings. The smallest absolute Gasteiger partial charge is 0.257 e. The standard InChI is InChI=1S/C21H19ClN4O2/c1-28-19-10-9-17(12-18(19)22)25-21(24-14-15-6-5-11-23-13-15)26-20(27)16-7-3-2-4-8-16/h2-13H,14H2,1H3,(H2,24,25,26,27).